The summed E-state index contributed by atoms with van der Waals surface area (Å²) in [6, 6.07) is 17.2. The molecule has 2 aromatic carbocycles. The fourth-order valence-corrected chi connectivity index (χ4v) is 4.39. The van der Waals surface area contributed by atoms with Crippen LogP contribution in [0.4, 0.5) is 0 Å². The lowest BCUT2D eigenvalue weighted by molar-refractivity contribution is -0.137. The Labute approximate surface area is 199 Å². The molecule has 0 spiro atoms. The van der Waals surface area contributed by atoms with E-state index in [9.17, 15) is 4.79 Å². The molecule has 0 saturated carbocycles. The number of carbonyl (C=O) groups is 1. The molecule has 1 saturated heterocycles. The van der Waals surface area contributed by atoms with E-state index in [1.165, 1.54) is 0 Å². The molecule has 33 heavy (non-hydrogen) atoms. The SMILES string of the molecule is CCN(CC)C(=O)[C@H](c1ccccc1)N1CCN(Cc2nc(-c3ccc(Cl)cc3)no2)CC1. The molecule has 1 fully saturated rings. The van der Waals surface area contributed by atoms with Crippen LogP contribution in [0.3, 0.4) is 0 Å². The van der Waals surface area contributed by atoms with Gasteiger partial charge in [-0.25, -0.2) is 0 Å². The summed E-state index contributed by atoms with van der Waals surface area (Å²) in [7, 11) is 0. The molecule has 7 nitrogen and oxygen atoms in total. The van der Waals surface area contributed by atoms with Crippen molar-refractivity contribution in [1.29, 1.82) is 0 Å². The lowest BCUT2D eigenvalue weighted by Crippen LogP contribution is -2.51. The topological polar surface area (TPSA) is 65.7 Å². The van der Waals surface area contributed by atoms with Crippen LogP contribution in [0.15, 0.2) is 59.1 Å². The van der Waals surface area contributed by atoms with Crippen molar-refractivity contribution in [2.45, 2.75) is 26.4 Å². The van der Waals surface area contributed by atoms with E-state index in [4.69, 9.17) is 16.1 Å². The van der Waals surface area contributed by atoms with Gasteiger partial charge in [-0.3, -0.25) is 14.6 Å². The van der Waals surface area contributed by atoms with Gasteiger partial charge in [-0.15, -0.1) is 0 Å². The second-order valence-corrected chi connectivity index (χ2v) is 8.59. The zero-order valence-electron chi connectivity index (χ0n) is 19.2. The van der Waals surface area contributed by atoms with Crippen LogP contribution in [0.2, 0.25) is 5.02 Å². The Morgan fingerprint density at radius 2 is 1.70 bits per heavy atom. The third-order valence-electron chi connectivity index (χ3n) is 6.13. The molecule has 0 bridgehead atoms. The number of amides is 1. The Morgan fingerprint density at radius 1 is 1.03 bits per heavy atom. The fourth-order valence-electron chi connectivity index (χ4n) is 4.26. The molecule has 1 aliphatic heterocycles. The maximum atomic E-state index is 13.4. The maximum Gasteiger partial charge on any atom is 0.244 e. The maximum absolute atomic E-state index is 13.4. The molecule has 0 radical (unpaired) electrons. The average Bonchev–Trinajstić information content (AvgIpc) is 3.31. The van der Waals surface area contributed by atoms with E-state index in [0.717, 1.165) is 37.3 Å². The summed E-state index contributed by atoms with van der Waals surface area (Å²) in [6.07, 6.45) is 0. The van der Waals surface area contributed by atoms with Gasteiger partial charge in [-0.1, -0.05) is 47.1 Å². The Bertz CT molecular complexity index is 1030. The molecule has 0 aliphatic carbocycles. The first-order valence-electron chi connectivity index (χ1n) is 11.5. The number of nitrogens with zero attached hydrogens (tertiary/aromatic N) is 5. The number of aromatic nitrogens is 2. The van der Waals surface area contributed by atoms with Crippen LogP contribution >= 0.6 is 11.6 Å². The molecule has 174 valence electrons. The van der Waals surface area contributed by atoms with Crippen LogP contribution in [0.25, 0.3) is 11.4 Å². The lowest BCUT2D eigenvalue weighted by Gasteiger charge is -2.39. The van der Waals surface area contributed by atoms with E-state index < -0.39 is 0 Å². The molecule has 0 unspecified atom stereocenters. The van der Waals surface area contributed by atoms with Crippen LogP contribution in [-0.2, 0) is 11.3 Å². The van der Waals surface area contributed by atoms with Gasteiger partial charge in [0, 0.05) is 49.9 Å². The second-order valence-electron chi connectivity index (χ2n) is 8.15. The normalized spacial score (nSPS) is 16.0. The van der Waals surface area contributed by atoms with Crippen molar-refractivity contribution in [1.82, 2.24) is 24.8 Å². The third-order valence-corrected chi connectivity index (χ3v) is 6.38. The highest BCUT2D eigenvalue weighted by molar-refractivity contribution is 6.30. The van der Waals surface area contributed by atoms with Gasteiger partial charge < -0.3 is 9.42 Å². The highest BCUT2D eigenvalue weighted by Gasteiger charge is 2.32. The summed E-state index contributed by atoms with van der Waals surface area (Å²) in [5, 5.41) is 4.78. The van der Waals surface area contributed by atoms with Crippen LogP contribution in [-0.4, -0.2) is 70.0 Å². The molecule has 2 heterocycles. The van der Waals surface area contributed by atoms with Crippen molar-refractivity contribution in [2.75, 3.05) is 39.3 Å². The predicted molar refractivity (Wildman–Crippen MR) is 129 cm³/mol. The monoisotopic (exact) mass is 467 g/mol. The number of piperazine rings is 1. The molecule has 1 atom stereocenters. The van der Waals surface area contributed by atoms with Crippen LogP contribution in [0.1, 0.15) is 31.3 Å². The van der Waals surface area contributed by atoms with Crippen molar-refractivity contribution < 1.29 is 9.32 Å². The number of hydrogen-bond acceptors (Lipinski definition) is 6. The number of likely N-dealkylation sites (N-methyl/N-ethyl adjacent to an activating group) is 1. The summed E-state index contributed by atoms with van der Waals surface area (Å²) in [5.41, 5.74) is 1.92. The van der Waals surface area contributed by atoms with Crippen LogP contribution in [0.5, 0.6) is 0 Å². The Balaban J connectivity index is 1.40. The summed E-state index contributed by atoms with van der Waals surface area (Å²) in [5.74, 6) is 1.32. The number of halogens is 1. The van der Waals surface area contributed by atoms with Gasteiger partial charge in [-0.05, 0) is 43.7 Å². The third kappa shape index (κ3) is 5.61. The fraction of sp³-hybridized carbons (Fsp3) is 0.400. The van der Waals surface area contributed by atoms with Gasteiger partial charge in [0.1, 0.15) is 6.04 Å². The number of benzene rings is 2. The van der Waals surface area contributed by atoms with Gasteiger partial charge in [0.05, 0.1) is 6.54 Å². The summed E-state index contributed by atoms with van der Waals surface area (Å²) in [4.78, 5) is 24.4. The molecule has 8 heteroatoms. The molecule has 0 N–H and O–H groups in total. The Hall–Kier alpha value is -2.74. The van der Waals surface area contributed by atoms with E-state index in [-0.39, 0.29) is 11.9 Å². The standard InChI is InChI=1S/C25H30ClN5O2/c1-3-30(4-2)25(32)23(19-8-6-5-7-9-19)31-16-14-29(15-17-31)18-22-27-24(28-33-22)20-10-12-21(26)13-11-20/h5-13,23H,3-4,14-18H2,1-2H3/t23-/m0/s1. The van der Waals surface area contributed by atoms with E-state index in [1.807, 2.05) is 61.2 Å². The number of rotatable bonds is 8. The number of hydrogen-bond donors (Lipinski definition) is 0. The van der Waals surface area contributed by atoms with Crippen molar-refractivity contribution in [3.63, 3.8) is 0 Å². The van der Waals surface area contributed by atoms with E-state index >= 15 is 0 Å². The molecule has 1 amide bonds. The van der Waals surface area contributed by atoms with Crippen molar-refractivity contribution in [2.24, 2.45) is 0 Å². The molecule has 4 rings (SSSR count). The second kappa shape index (κ2) is 10.9. The Kier molecular flexibility index (Phi) is 7.75. The summed E-state index contributed by atoms with van der Waals surface area (Å²) < 4.78 is 5.48. The van der Waals surface area contributed by atoms with E-state index in [2.05, 4.69) is 32.1 Å². The minimum atomic E-state index is -0.256. The van der Waals surface area contributed by atoms with Gasteiger partial charge in [0.25, 0.3) is 0 Å². The predicted octanol–water partition coefficient (Wildman–Crippen LogP) is 4.12. The minimum Gasteiger partial charge on any atom is -0.342 e. The van der Waals surface area contributed by atoms with Gasteiger partial charge >= 0.3 is 0 Å². The van der Waals surface area contributed by atoms with E-state index in [1.54, 1.807) is 0 Å². The van der Waals surface area contributed by atoms with Gasteiger partial charge in [0.15, 0.2) is 0 Å². The first-order chi connectivity index (χ1) is 16.1. The van der Waals surface area contributed by atoms with Crippen molar-refractivity contribution >= 4 is 17.5 Å². The minimum absolute atomic E-state index is 0.171. The molecule has 1 aromatic heterocycles. The average molecular weight is 468 g/mol. The van der Waals surface area contributed by atoms with Crippen molar-refractivity contribution in [3.8, 4) is 11.4 Å². The van der Waals surface area contributed by atoms with Crippen LogP contribution < -0.4 is 0 Å². The lowest BCUT2D eigenvalue weighted by atomic mass is 10.0. The summed E-state index contributed by atoms with van der Waals surface area (Å²) >= 11 is 5.96. The van der Waals surface area contributed by atoms with E-state index in [0.29, 0.717) is 36.4 Å². The molecular formula is C25H30ClN5O2. The smallest absolute Gasteiger partial charge is 0.244 e. The first-order valence-corrected chi connectivity index (χ1v) is 11.9. The highest BCUT2D eigenvalue weighted by Crippen LogP contribution is 2.25. The highest BCUT2D eigenvalue weighted by atomic mass is 35.5. The molecule has 3 aromatic rings. The zero-order valence-corrected chi connectivity index (χ0v) is 19.9. The first kappa shape index (κ1) is 23.4. The zero-order chi connectivity index (χ0) is 23.2. The largest absolute Gasteiger partial charge is 0.342 e. The molecular weight excluding hydrogens is 438 g/mol. The summed E-state index contributed by atoms with van der Waals surface area (Å²) in [6.45, 7) is 9.33. The Morgan fingerprint density at radius 3 is 2.33 bits per heavy atom. The number of carbonyl (C=O) groups excluding carboxylic acids is 1. The van der Waals surface area contributed by atoms with Crippen molar-refractivity contribution in [3.05, 3.63) is 71.1 Å². The van der Waals surface area contributed by atoms with Gasteiger partial charge in [0.2, 0.25) is 17.6 Å². The molecule has 1 aliphatic rings. The van der Waals surface area contributed by atoms with Gasteiger partial charge in [-0.2, -0.15) is 4.98 Å². The quantitative estimate of drug-likeness (QED) is 0.496. The van der Waals surface area contributed by atoms with Crippen LogP contribution in [0, 0.1) is 0 Å².